The molecule has 0 aromatic rings. The van der Waals surface area contributed by atoms with Gasteiger partial charge in [0.15, 0.2) is 0 Å². The van der Waals surface area contributed by atoms with Crippen LogP contribution in [0.3, 0.4) is 0 Å². The number of rotatable bonds is 3. The van der Waals surface area contributed by atoms with Crippen LogP contribution in [0.2, 0.25) is 0 Å². The Balaban J connectivity index is 1.60. The summed E-state index contributed by atoms with van der Waals surface area (Å²) in [6, 6.07) is 0. The monoisotopic (exact) mass is 218 g/mol. The fourth-order valence-corrected chi connectivity index (χ4v) is 3.69. The molecule has 0 spiro atoms. The zero-order chi connectivity index (χ0) is 11.1. The van der Waals surface area contributed by atoms with E-state index in [1.807, 2.05) is 0 Å². The first-order valence-corrected chi connectivity index (χ1v) is 6.22. The highest BCUT2D eigenvalue weighted by Gasteiger charge is 2.45. The van der Waals surface area contributed by atoms with Crippen LogP contribution in [0.15, 0.2) is 23.8 Å². The summed E-state index contributed by atoms with van der Waals surface area (Å²) in [5.74, 6) is 3.16. The van der Waals surface area contributed by atoms with Crippen LogP contribution in [0.1, 0.15) is 25.7 Å². The van der Waals surface area contributed by atoms with E-state index in [1.165, 1.54) is 25.5 Å². The maximum absolute atomic E-state index is 11.1. The van der Waals surface area contributed by atoms with Gasteiger partial charge < -0.3 is 4.74 Å². The third kappa shape index (κ3) is 1.51. The van der Waals surface area contributed by atoms with Crippen molar-refractivity contribution in [2.24, 2.45) is 23.7 Å². The number of fused-ring (bicyclic) bond motifs is 5. The second-order valence-corrected chi connectivity index (χ2v) is 5.29. The Bertz CT molecular complexity index is 367. The van der Waals surface area contributed by atoms with E-state index in [0.717, 1.165) is 30.1 Å². The molecule has 0 heterocycles. The third-order valence-electron chi connectivity index (χ3n) is 4.49. The predicted octanol–water partition coefficient (Wildman–Crippen LogP) is 2.71. The summed E-state index contributed by atoms with van der Waals surface area (Å²) in [5.41, 5.74) is 1.49. The van der Waals surface area contributed by atoms with Gasteiger partial charge in [-0.2, -0.15) is 0 Å². The zero-order valence-corrected chi connectivity index (χ0v) is 9.69. The Morgan fingerprint density at radius 1 is 1.44 bits per heavy atom. The summed E-state index contributed by atoms with van der Waals surface area (Å²) in [6.45, 7) is 0. The van der Waals surface area contributed by atoms with Gasteiger partial charge in [0.1, 0.15) is 0 Å². The van der Waals surface area contributed by atoms with Gasteiger partial charge in [-0.15, -0.1) is 0 Å². The second-order valence-electron chi connectivity index (χ2n) is 5.29. The van der Waals surface area contributed by atoms with Crippen molar-refractivity contribution in [2.75, 3.05) is 7.11 Å². The highest BCUT2D eigenvalue weighted by atomic mass is 16.5. The van der Waals surface area contributed by atoms with Crippen molar-refractivity contribution in [3.63, 3.8) is 0 Å². The summed E-state index contributed by atoms with van der Waals surface area (Å²) >= 11 is 0. The molecular formula is C14H18O2. The Kier molecular flexibility index (Phi) is 2.38. The van der Waals surface area contributed by atoms with E-state index in [-0.39, 0.29) is 5.97 Å². The van der Waals surface area contributed by atoms with Gasteiger partial charge in [0.25, 0.3) is 0 Å². The first-order valence-electron chi connectivity index (χ1n) is 6.22. The fraction of sp³-hybridized carbons (Fsp3) is 0.643. The van der Waals surface area contributed by atoms with E-state index in [2.05, 4.69) is 23.0 Å². The molecular weight excluding hydrogens is 200 g/mol. The summed E-state index contributed by atoms with van der Waals surface area (Å²) in [7, 11) is 1.46. The molecule has 16 heavy (non-hydrogen) atoms. The molecule has 0 aromatic carbocycles. The van der Waals surface area contributed by atoms with Crippen LogP contribution in [0.5, 0.6) is 0 Å². The van der Waals surface area contributed by atoms with Crippen LogP contribution in [-0.4, -0.2) is 13.1 Å². The fourth-order valence-electron chi connectivity index (χ4n) is 3.69. The van der Waals surface area contributed by atoms with Gasteiger partial charge in [0.05, 0.1) is 7.11 Å². The van der Waals surface area contributed by atoms with Gasteiger partial charge in [-0.1, -0.05) is 23.8 Å². The second kappa shape index (κ2) is 3.76. The molecule has 0 aliphatic heterocycles. The Hall–Kier alpha value is -1.05. The standard InChI is InChI=1S/C14H18O2/c1-16-14(15)5-2-9-6-12-10-3-4-11(8-10)13(12)7-9/h3-4,6,10-13H,2,5,7-8H2,1H3. The van der Waals surface area contributed by atoms with Gasteiger partial charge >= 0.3 is 5.97 Å². The SMILES string of the molecule is COC(=O)CCC1=CC2C3C=CC(C3)C2C1. The lowest BCUT2D eigenvalue weighted by Crippen LogP contribution is -2.12. The van der Waals surface area contributed by atoms with Gasteiger partial charge in [-0.05, 0) is 42.9 Å². The largest absolute Gasteiger partial charge is 0.469 e. The Morgan fingerprint density at radius 3 is 3.00 bits per heavy atom. The predicted molar refractivity (Wildman–Crippen MR) is 61.7 cm³/mol. The van der Waals surface area contributed by atoms with Crippen LogP contribution < -0.4 is 0 Å². The highest BCUT2D eigenvalue weighted by molar-refractivity contribution is 5.69. The minimum atomic E-state index is -0.0842. The smallest absolute Gasteiger partial charge is 0.305 e. The van der Waals surface area contributed by atoms with Crippen LogP contribution >= 0.6 is 0 Å². The van der Waals surface area contributed by atoms with E-state index >= 15 is 0 Å². The molecule has 3 aliphatic carbocycles. The van der Waals surface area contributed by atoms with E-state index in [9.17, 15) is 4.79 Å². The third-order valence-corrected chi connectivity index (χ3v) is 4.49. The van der Waals surface area contributed by atoms with Crippen molar-refractivity contribution < 1.29 is 9.53 Å². The number of allylic oxidation sites excluding steroid dienone is 4. The minimum Gasteiger partial charge on any atom is -0.469 e. The number of carbonyl (C=O) groups is 1. The van der Waals surface area contributed by atoms with E-state index in [0.29, 0.717) is 6.42 Å². The van der Waals surface area contributed by atoms with Crippen LogP contribution in [0.4, 0.5) is 0 Å². The quantitative estimate of drug-likeness (QED) is 0.538. The lowest BCUT2D eigenvalue weighted by atomic mass is 9.85. The Morgan fingerprint density at radius 2 is 2.25 bits per heavy atom. The first kappa shape index (κ1) is 10.1. The van der Waals surface area contributed by atoms with Gasteiger partial charge in [0.2, 0.25) is 0 Å². The zero-order valence-electron chi connectivity index (χ0n) is 9.69. The molecule has 2 heteroatoms. The minimum absolute atomic E-state index is 0.0842. The lowest BCUT2D eigenvalue weighted by Gasteiger charge is -2.19. The number of carbonyl (C=O) groups excluding carboxylic acids is 1. The van der Waals surface area contributed by atoms with E-state index in [1.54, 1.807) is 0 Å². The molecule has 0 saturated heterocycles. The van der Waals surface area contributed by atoms with Crippen LogP contribution in [0, 0.1) is 23.7 Å². The topological polar surface area (TPSA) is 26.3 Å². The molecule has 0 N–H and O–H groups in total. The number of esters is 1. The number of ether oxygens (including phenoxy) is 1. The van der Waals surface area contributed by atoms with Gasteiger partial charge in [0, 0.05) is 6.42 Å². The van der Waals surface area contributed by atoms with Crippen molar-refractivity contribution >= 4 is 5.97 Å². The number of methoxy groups -OCH3 is 1. The molecule has 1 saturated carbocycles. The highest BCUT2D eigenvalue weighted by Crippen LogP contribution is 2.54. The lowest BCUT2D eigenvalue weighted by molar-refractivity contribution is -0.140. The van der Waals surface area contributed by atoms with E-state index in [4.69, 9.17) is 0 Å². The molecule has 1 fully saturated rings. The maximum atomic E-state index is 11.1. The molecule has 2 bridgehead atoms. The Labute approximate surface area is 96.4 Å². The van der Waals surface area contributed by atoms with Crippen molar-refractivity contribution in [3.8, 4) is 0 Å². The molecule has 2 nitrogen and oxygen atoms in total. The average Bonchev–Trinajstić information content (AvgIpc) is 2.96. The van der Waals surface area contributed by atoms with Crippen molar-refractivity contribution in [2.45, 2.75) is 25.7 Å². The molecule has 3 rings (SSSR count). The van der Waals surface area contributed by atoms with Crippen molar-refractivity contribution in [3.05, 3.63) is 23.8 Å². The van der Waals surface area contributed by atoms with Crippen LogP contribution in [0.25, 0.3) is 0 Å². The van der Waals surface area contributed by atoms with E-state index < -0.39 is 0 Å². The number of hydrogen-bond acceptors (Lipinski definition) is 2. The van der Waals surface area contributed by atoms with Crippen LogP contribution in [-0.2, 0) is 9.53 Å². The summed E-state index contributed by atoms with van der Waals surface area (Å²) < 4.78 is 4.68. The molecule has 0 radical (unpaired) electrons. The average molecular weight is 218 g/mol. The molecule has 0 amide bonds. The van der Waals surface area contributed by atoms with Crippen molar-refractivity contribution in [1.29, 1.82) is 0 Å². The van der Waals surface area contributed by atoms with Crippen molar-refractivity contribution in [1.82, 2.24) is 0 Å². The number of hydrogen-bond donors (Lipinski definition) is 0. The molecule has 4 unspecified atom stereocenters. The molecule has 0 aromatic heterocycles. The molecule has 86 valence electrons. The molecule has 4 atom stereocenters. The molecule has 3 aliphatic rings. The first-order chi connectivity index (χ1) is 7.78. The van der Waals surface area contributed by atoms with Gasteiger partial charge in [-0.25, -0.2) is 0 Å². The maximum Gasteiger partial charge on any atom is 0.305 e. The van der Waals surface area contributed by atoms with Gasteiger partial charge in [-0.3, -0.25) is 4.79 Å². The summed E-state index contributed by atoms with van der Waals surface area (Å²) in [6.07, 6.45) is 11.3. The normalized spacial score (nSPS) is 38.7. The summed E-state index contributed by atoms with van der Waals surface area (Å²) in [4.78, 5) is 11.1. The summed E-state index contributed by atoms with van der Waals surface area (Å²) in [5, 5.41) is 0.